The molecule has 0 spiro atoms. The van der Waals surface area contributed by atoms with Crippen LogP contribution in [0.4, 0.5) is 11.5 Å². The quantitative estimate of drug-likeness (QED) is 0.471. The first-order valence-electron chi connectivity index (χ1n) is 5.84. The lowest BCUT2D eigenvalue weighted by Gasteiger charge is -1.98. The van der Waals surface area contributed by atoms with Crippen LogP contribution in [0.1, 0.15) is 15.9 Å². The Labute approximate surface area is 118 Å². The highest BCUT2D eigenvalue weighted by Crippen LogP contribution is 2.16. The van der Waals surface area contributed by atoms with E-state index < -0.39 is 9.85 Å². The highest BCUT2D eigenvalue weighted by molar-refractivity contribution is 5.96. The van der Waals surface area contributed by atoms with Crippen LogP contribution in [0.3, 0.4) is 0 Å². The van der Waals surface area contributed by atoms with Crippen molar-refractivity contribution >= 4 is 17.3 Å². The molecule has 0 atom stereocenters. The molecule has 2 aromatic rings. The predicted molar refractivity (Wildman–Crippen MR) is 71.0 cm³/mol. The fourth-order valence-corrected chi connectivity index (χ4v) is 1.78. The second-order valence-corrected chi connectivity index (χ2v) is 4.32. The topological polar surface area (TPSA) is 121 Å². The van der Waals surface area contributed by atoms with Crippen molar-refractivity contribution in [3.63, 3.8) is 0 Å². The number of nitro groups is 2. The van der Waals surface area contributed by atoms with Gasteiger partial charge in [0.1, 0.15) is 6.54 Å². The van der Waals surface area contributed by atoms with Gasteiger partial charge in [-0.25, -0.2) is 0 Å². The normalized spacial score (nSPS) is 10.3. The van der Waals surface area contributed by atoms with Gasteiger partial charge in [-0.1, -0.05) is 0 Å². The van der Waals surface area contributed by atoms with Crippen LogP contribution in [0.15, 0.2) is 30.5 Å². The Bertz CT molecular complexity index is 720. The largest absolute Gasteiger partial charge is 0.392 e. The van der Waals surface area contributed by atoms with Gasteiger partial charge < -0.3 is 10.1 Å². The summed E-state index contributed by atoms with van der Waals surface area (Å²) in [5, 5.41) is 24.9. The maximum absolute atomic E-state index is 12.0. The van der Waals surface area contributed by atoms with Crippen molar-refractivity contribution in [2.45, 2.75) is 13.5 Å². The molecule has 0 aliphatic carbocycles. The summed E-state index contributed by atoms with van der Waals surface area (Å²) in [5.74, 6) is -0.645. The Morgan fingerprint density at radius 3 is 2.29 bits per heavy atom. The highest BCUT2D eigenvalue weighted by Gasteiger charge is 2.19. The molecule has 0 aliphatic rings. The molecule has 0 radical (unpaired) electrons. The number of non-ortho nitro benzene ring substituents is 1. The van der Waals surface area contributed by atoms with E-state index in [2.05, 4.69) is 5.10 Å². The number of hydrogen-bond acceptors (Lipinski definition) is 6. The molecule has 2 rings (SSSR count). The molecule has 9 heteroatoms. The Hall–Kier alpha value is -3.10. The number of nitrogens with zero attached hydrogens (tertiary/aromatic N) is 4. The second kappa shape index (κ2) is 5.49. The van der Waals surface area contributed by atoms with E-state index in [-0.39, 0.29) is 29.4 Å². The average Bonchev–Trinajstić information content (AvgIpc) is 2.79. The summed E-state index contributed by atoms with van der Waals surface area (Å²) in [6, 6.07) is 5.13. The van der Waals surface area contributed by atoms with Gasteiger partial charge in [0.25, 0.3) is 5.69 Å². The number of carbonyl (C=O) groups is 1. The first-order chi connectivity index (χ1) is 9.88. The van der Waals surface area contributed by atoms with Crippen LogP contribution < -0.4 is 0 Å². The predicted octanol–water partition coefficient (Wildman–Crippen LogP) is 1.89. The van der Waals surface area contributed by atoms with Crippen molar-refractivity contribution < 1.29 is 14.6 Å². The van der Waals surface area contributed by atoms with E-state index in [1.165, 1.54) is 42.1 Å². The molecule has 1 aromatic heterocycles. The summed E-state index contributed by atoms with van der Waals surface area (Å²) in [6.07, 6.45) is 1.40. The summed E-state index contributed by atoms with van der Waals surface area (Å²) in [4.78, 5) is 32.0. The van der Waals surface area contributed by atoms with Gasteiger partial charge in [-0.05, 0) is 24.0 Å². The van der Waals surface area contributed by atoms with E-state index in [9.17, 15) is 25.0 Å². The molecule has 108 valence electrons. The number of Topliss-reactive ketones (excluding diaryl/α,β-unsaturated/α-hetero) is 1. The zero-order chi connectivity index (χ0) is 15.6. The van der Waals surface area contributed by atoms with Gasteiger partial charge in [-0.2, -0.15) is 4.68 Å². The van der Waals surface area contributed by atoms with Crippen LogP contribution >= 0.6 is 0 Å². The minimum absolute atomic E-state index is 0.114. The van der Waals surface area contributed by atoms with Crippen LogP contribution in [0.5, 0.6) is 0 Å². The number of aromatic nitrogens is 2. The number of benzene rings is 1. The first-order valence-corrected chi connectivity index (χ1v) is 5.84. The molecule has 0 amide bonds. The lowest BCUT2D eigenvalue weighted by molar-refractivity contribution is -0.390. The molecule has 1 aromatic carbocycles. The summed E-state index contributed by atoms with van der Waals surface area (Å²) in [6.45, 7) is 1.35. The van der Waals surface area contributed by atoms with E-state index in [0.29, 0.717) is 5.56 Å². The lowest BCUT2D eigenvalue weighted by atomic mass is 10.1. The number of ketones is 1. The third-order valence-electron chi connectivity index (χ3n) is 2.80. The van der Waals surface area contributed by atoms with Gasteiger partial charge in [-0.3, -0.25) is 14.9 Å². The van der Waals surface area contributed by atoms with Crippen LogP contribution in [0.25, 0.3) is 0 Å². The van der Waals surface area contributed by atoms with E-state index in [1.54, 1.807) is 0 Å². The molecule has 0 saturated carbocycles. The fraction of sp³-hybridized carbons (Fsp3) is 0.167. The smallest absolute Gasteiger partial charge is 0.358 e. The molecular weight excluding hydrogens is 280 g/mol. The number of hydrogen-bond donors (Lipinski definition) is 0. The molecule has 0 aliphatic heterocycles. The minimum Gasteiger partial charge on any atom is -0.358 e. The Balaban J connectivity index is 2.16. The molecule has 0 saturated heterocycles. The van der Waals surface area contributed by atoms with Gasteiger partial charge in [0, 0.05) is 17.7 Å². The van der Waals surface area contributed by atoms with Crippen molar-refractivity contribution in [3.05, 3.63) is 61.8 Å². The van der Waals surface area contributed by atoms with Crippen molar-refractivity contribution in [3.8, 4) is 0 Å². The fourth-order valence-electron chi connectivity index (χ4n) is 1.78. The van der Waals surface area contributed by atoms with Crippen molar-refractivity contribution in [1.82, 2.24) is 9.78 Å². The summed E-state index contributed by atoms with van der Waals surface area (Å²) >= 11 is 0. The van der Waals surface area contributed by atoms with E-state index in [1.807, 2.05) is 0 Å². The molecule has 9 nitrogen and oxygen atoms in total. The van der Waals surface area contributed by atoms with Crippen LogP contribution in [0.2, 0.25) is 0 Å². The summed E-state index contributed by atoms with van der Waals surface area (Å²) in [7, 11) is 0. The molecular formula is C12H10N4O5. The van der Waals surface area contributed by atoms with E-state index >= 15 is 0 Å². The summed E-state index contributed by atoms with van der Waals surface area (Å²) < 4.78 is 1.18. The molecule has 0 N–H and O–H groups in total. The van der Waals surface area contributed by atoms with Crippen LogP contribution in [0, 0.1) is 27.2 Å². The molecule has 0 unspecified atom stereocenters. The SMILES string of the molecule is Cc1cn(CC(=O)c2ccc([N+](=O)[O-])cc2)nc1[N+](=O)[O-]. The highest BCUT2D eigenvalue weighted by atomic mass is 16.6. The Morgan fingerprint density at radius 1 is 1.19 bits per heavy atom. The van der Waals surface area contributed by atoms with Crippen molar-refractivity contribution in [2.24, 2.45) is 0 Å². The number of nitro benzene ring substituents is 1. The third kappa shape index (κ3) is 3.08. The zero-order valence-corrected chi connectivity index (χ0v) is 10.9. The van der Waals surface area contributed by atoms with Gasteiger partial charge >= 0.3 is 5.82 Å². The van der Waals surface area contributed by atoms with Crippen molar-refractivity contribution in [2.75, 3.05) is 0 Å². The number of aryl methyl sites for hydroxylation is 1. The number of carbonyl (C=O) groups excluding carboxylic acids is 1. The van der Waals surface area contributed by atoms with E-state index in [0.717, 1.165) is 0 Å². The van der Waals surface area contributed by atoms with E-state index in [4.69, 9.17) is 0 Å². The van der Waals surface area contributed by atoms with Gasteiger partial charge in [0.15, 0.2) is 5.78 Å². The maximum atomic E-state index is 12.0. The standard InChI is InChI=1S/C12H10N4O5/c1-8-6-14(13-12(8)16(20)21)7-11(17)9-2-4-10(5-3-9)15(18)19/h2-6H,7H2,1H3. The first kappa shape index (κ1) is 14.3. The second-order valence-electron chi connectivity index (χ2n) is 4.32. The number of rotatable bonds is 5. The van der Waals surface area contributed by atoms with Gasteiger partial charge in [0.05, 0.1) is 21.8 Å². The average molecular weight is 290 g/mol. The van der Waals surface area contributed by atoms with Crippen LogP contribution in [-0.4, -0.2) is 25.4 Å². The van der Waals surface area contributed by atoms with Crippen molar-refractivity contribution in [1.29, 1.82) is 0 Å². The summed E-state index contributed by atoms with van der Waals surface area (Å²) in [5.41, 5.74) is 0.519. The molecule has 1 heterocycles. The minimum atomic E-state index is -0.623. The monoisotopic (exact) mass is 290 g/mol. The lowest BCUT2D eigenvalue weighted by Crippen LogP contribution is -2.11. The maximum Gasteiger partial charge on any atom is 0.392 e. The van der Waals surface area contributed by atoms with Crippen LogP contribution in [-0.2, 0) is 6.54 Å². The van der Waals surface area contributed by atoms with Gasteiger partial charge in [-0.15, -0.1) is 0 Å². The third-order valence-corrected chi connectivity index (χ3v) is 2.80. The molecule has 0 bridgehead atoms. The Kier molecular flexibility index (Phi) is 3.74. The zero-order valence-electron chi connectivity index (χ0n) is 10.9. The van der Waals surface area contributed by atoms with Gasteiger partial charge in [0.2, 0.25) is 0 Å². The Morgan fingerprint density at radius 2 is 1.81 bits per heavy atom. The molecule has 21 heavy (non-hydrogen) atoms. The molecule has 0 fully saturated rings.